The molecule has 5 amide bonds. The van der Waals surface area contributed by atoms with Crippen molar-refractivity contribution in [3.63, 3.8) is 0 Å². The lowest BCUT2D eigenvalue weighted by Crippen LogP contribution is -2.49. The molecule has 2 unspecified atom stereocenters. The third-order valence-corrected chi connectivity index (χ3v) is 7.56. The summed E-state index contributed by atoms with van der Waals surface area (Å²) in [6.45, 7) is 2.17. The van der Waals surface area contributed by atoms with Crippen molar-refractivity contribution in [3.05, 3.63) is 52.3 Å². The molecule has 0 bridgehead atoms. The van der Waals surface area contributed by atoms with Gasteiger partial charge in [-0.25, -0.2) is 14.0 Å². The number of anilines is 3. The Morgan fingerprint density at radius 1 is 1.12 bits per heavy atom. The van der Waals surface area contributed by atoms with E-state index in [1.54, 1.807) is 6.92 Å². The topological polar surface area (TPSA) is 155 Å². The summed E-state index contributed by atoms with van der Waals surface area (Å²) in [5, 5.41) is 10.4. The Bertz CT molecular complexity index is 1420. The molecule has 0 saturated heterocycles. The van der Waals surface area contributed by atoms with Crippen LogP contribution in [0.15, 0.2) is 30.3 Å². The number of likely N-dealkylation sites (N-methyl/N-ethyl adjacent to an activating group) is 1. The van der Waals surface area contributed by atoms with Crippen LogP contribution in [0.2, 0.25) is 5.02 Å². The van der Waals surface area contributed by atoms with Gasteiger partial charge in [0.05, 0.1) is 34.6 Å². The molecule has 4 rings (SSSR count). The van der Waals surface area contributed by atoms with Crippen LogP contribution < -0.4 is 21.3 Å². The van der Waals surface area contributed by atoms with Crippen molar-refractivity contribution in [1.82, 2.24) is 10.2 Å². The van der Waals surface area contributed by atoms with Crippen molar-refractivity contribution in [3.8, 4) is 0 Å². The molecule has 0 spiro atoms. The van der Waals surface area contributed by atoms with E-state index in [1.807, 2.05) is 0 Å². The van der Waals surface area contributed by atoms with Gasteiger partial charge in [0.1, 0.15) is 12.1 Å². The molecule has 2 heterocycles. The predicted molar refractivity (Wildman–Crippen MR) is 157 cm³/mol. The fourth-order valence-electron chi connectivity index (χ4n) is 5.05. The van der Waals surface area contributed by atoms with Gasteiger partial charge in [0.25, 0.3) is 5.91 Å². The van der Waals surface area contributed by atoms with E-state index in [0.29, 0.717) is 31.4 Å². The summed E-state index contributed by atoms with van der Waals surface area (Å²) in [6.07, 6.45) is 0.0152. The minimum absolute atomic E-state index is 0.1000. The second kappa shape index (κ2) is 14.2. The number of cyclic esters (lactones) is 1. The fraction of sp³-hybridized carbons (Fsp3) is 0.414. The van der Waals surface area contributed by atoms with Crippen LogP contribution in [0.25, 0.3) is 0 Å². The first-order valence-electron chi connectivity index (χ1n) is 13.9. The summed E-state index contributed by atoms with van der Waals surface area (Å²) in [4.78, 5) is 64.9. The molecule has 2 aliphatic rings. The second-order valence-electron chi connectivity index (χ2n) is 10.1. The van der Waals surface area contributed by atoms with E-state index in [9.17, 15) is 28.4 Å². The standard InChI is InChI=1S/C29H33ClFN5O7/c1-3-36(14-13-22-24-19(35-29(41)43-22)12-11-18(30)25(24)31)27(39)20-7-5-4-6-8-23(37)33-21-15-16(32-28(40)42-2)9-10-17(21)26(38)34-20/h9-12,15,20,22H,3-8,13-14H2,1-2H3,(H,32,40)(H,33,37)(H,34,38)(H,35,41). The molecule has 0 aliphatic carbocycles. The van der Waals surface area contributed by atoms with Crippen LogP contribution in [0.4, 0.5) is 31.0 Å². The fourth-order valence-corrected chi connectivity index (χ4v) is 5.21. The molecule has 2 aromatic carbocycles. The Morgan fingerprint density at radius 3 is 2.65 bits per heavy atom. The predicted octanol–water partition coefficient (Wildman–Crippen LogP) is 5.20. The van der Waals surface area contributed by atoms with Crippen molar-refractivity contribution in [1.29, 1.82) is 0 Å². The number of hydrogen-bond acceptors (Lipinski definition) is 7. The molecule has 0 saturated carbocycles. The van der Waals surface area contributed by atoms with E-state index < -0.39 is 36.1 Å². The van der Waals surface area contributed by atoms with Crippen molar-refractivity contribution >= 4 is 58.6 Å². The SMILES string of the molecule is CCN(CCC1OC(=O)Nc2ccc(Cl)c(F)c21)C(=O)C1CCCCCC(=O)Nc2cc(NC(=O)OC)ccc2C(=O)N1. The quantitative estimate of drug-likeness (QED) is 0.347. The van der Waals surface area contributed by atoms with Gasteiger partial charge in [-0.05, 0) is 50.1 Å². The van der Waals surface area contributed by atoms with Crippen LogP contribution in [0, 0.1) is 5.82 Å². The van der Waals surface area contributed by atoms with Crippen LogP contribution in [-0.4, -0.2) is 61.0 Å². The zero-order chi connectivity index (χ0) is 31.1. The van der Waals surface area contributed by atoms with Crippen LogP contribution in [0.1, 0.15) is 67.5 Å². The largest absolute Gasteiger partial charge is 0.453 e. The van der Waals surface area contributed by atoms with Gasteiger partial charge < -0.3 is 25.0 Å². The van der Waals surface area contributed by atoms with E-state index >= 15 is 0 Å². The molecule has 230 valence electrons. The Labute approximate surface area is 252 Å². The summed E-state index contributed by atoms with van der Waals surface area (Å²) in [6, 6.07) is 6.29. The molecule has 2 aliphatic heterocycles. The van der Waals surface area contributed by atoms with E-state index in [2.05, 4.69) is 26.0 Å². The molecular weight excluding hydrogens is 585 g/mol. The summed E-state index contributed by atoms with van der Waals surface area (Å²) in [5.41, 5.74) is 0.932. The molecule has 0 radical (unpaired) electrons. The molecule has 43 heavy (non-hydrogen) atoms. The zero-order valence-corrected chi connectivity index (χ0v) is 24.5. The number of carbonyl (C=O) groups excluding carboxylic acids is 5. The third-order valence-electron chi connectivity index (χ3n) is 7.27. The highest BCUT2D eigenvalue weighted by molar-refractivity contribution is 6.31. The highest BCUT2D eigenvalue weighted by Gasteiger charge is 2.33. The number of fused-ring (bicyclic) bond motifs is 2. The van der Waals surface area contributed by atoms with E-state index in [-0.39, 0.29) is 65.3 Å². The van der Waals surface area contributed by atoms with Crippen molar-refractivity contribution in [2.24, 2.45) is 0 Å². The third kappa shape index (κ3) is 7.72. The van der Waals surface area contributed by atoms with Gasteiger partial charge in [-0.2, -0.15) is 0 Å². The Morgan fingerprint density at radius 2 is 1.91 bits per heavy atom. The number of ether oxygens (including phenoxy) is 2. The number of benzene rings is 2. The first kappa shape index (κ1) is 31.5. The Hall–Kier alpha value is -4.39. The monoisotopic (exact) mass is 617 g/mol. The lowest BCUT2D eigenvalue weighted by molar-refractivity contribution is -0.133. The molecule has 0 fully saturated rings. The van der Waals surface area contributed by atoms with Crippen LogP contribution in [-0.2, 0) is 19.1 Å². The van der Waals surface area contributed by atoms with Crippen molar-refractivity contribution in [2.75, 3.05) is 36.1 Å². The number of rotatable bonds is 6. The van der Waals surface area contributed by atoms with Crippen LogP contribution >= 0.6 is 11.6 Å². The zero-order valence-electron chi connectivity index (χ0n) is 23.8. The van der Waals surface area contributed by atoms with Crippen LogP contribution in [0.5, 0.6) is 0 Å². The van der Waals surface area contributed by atoms with Crippen molar-refractivity contribution < 1.29 is 37.8 Å². The molecule has 4 N–H and O–H groups in total. The smallest absolute Gasteiger partial charge is 0.412 e. The van der Waals surface area contributed by atoms with E-state index in [4.69, 9.17) is 16.3 Å². The van der Waals surface area contributed by atoms with Gasteiger partial charge in [-0.3, -0.25) is 25.0 Å². The maximum absolute atomic E-state index is 14.9. The first-order chi connectivity index (χ1) is 20.6. The second-order valence-corrected chi connectivity index (χ2v) is 10.5. The summed E-state index contributed by atoms with van der Waals surface area (Å²) in [5.74, 6) is -1.93. The first-order valence-corrected chi connectivity index (χ1v) is 14.3. The van der Waals surface area contributed by atoms with Gasteiger partial charge in [0, 0.05) is 31.6 Å². The average Bonchev–Trinajstić information content (AvgIpc) is 2.97. The highest BCUT2D eigenvalue weighted by atomic mass is 35.5. The molecule has 2 aromatic rings. The van der Waals surface area contributed by atoms with E-state index in [0.717, 1.165) is 0 Å². The highest BCUT2D eigenvalue weighted by Crippen LogP contribution is 2.37. The number of nitrogens with one attached hydrogen (secondary N) is 4. The number of nitrogens with zero attached hydrogens (tertiary/aromatic N) is 1. The number of hydrogen-bond donors (Lipinski definition) is 4. The maximum atomic E-state index is 14.9. The van der Waals surface area contributed by atoms with Gasteiger partial charge in [0.15, 0.2) is 5.82 Å². The summed E-state index contributed by atoms with van der Waals surface area (Å²) in [7, 11) is 1.21. The van der Waals surface area contributed by atoms with E-state index in [1.165, 1.54) is 42.3 Å². The summed E-state index contributed by atoms with van der Waals surface area (Å²) >= 11 is 5.96. The lowest BCUT2D eigenvalue weighted by Gasteiger charge is -2.31. The van der Waals surface area contributed by atoms with Gasteiger partial charge >= 0.3 is 12.2 Å². The number of methoxy groups -OCH3 is 1. The molecular formula is C29H33ClFN5O7. The molecule has 14 heteroatoms. The Kier molecular flexibility index (Phi) is 10.4. The molecule has 0 aromatic heterocycles. The number of carbonyl (C=O) groups is 5. The number of amides is 5. The summed E-state index contributed by atoms with van der Waals surface area (Å²) < 4.78 is 24.8. The molecule has 12 nitrogen and oxygen atoms in total. The van der Waals surface area contributed by atoms with Gasteiger partial charge in [-0.1, -0.05) is 24.4 Å². The van der Waals surface area contributed by atoms with Gasteiger partial charge in [0.2, 0.25) is 11.8 Å². The Balaban J connectivity index is 1.53. The maximum Gasteiger partial charge on any atom is 0.412 e. The average molecular weight is 618 g/mol. The lowest BCUT2D eigenvalue weighted by atomic mass is 10.0. The van der Waals surface area contributed by atoms with Gasteiger partial charge in [-0.15, -0.1) is 0 Å². The minimum atomic E-state index is -0.974. The molecule has 2 atom stereocenters. The van der Waals surface area contributed by atoms with Crippen molar-refractivity contribution in [2.45, 2.75) is 57.6 Å². The number of halogens is 2. The normalized spacial score (nSPS) is 18.7. The van der Waals surface area contributed by atoms with Crippen LogP contribution in [0.3, 0.4) is 0 Å². The minimum Gasteiger partial charge on any atom is -0.453 e.